The van der Waals surface area contributed by atoms with E-state index >= 15 is 0 Å². The molecule has 0 aromatic carbocycles. The van der Waals surface area contributed by atoms with E-state index in [4.69, 9.17) is 0 Å². The predicted octanol–water partition coefficient (Wildman–Crippen LogP) is 4.23. The van der Waals surface area contributed by atoms with Gasteiger partial charge >= 0.3 is 0 Å². The third kappa shape index (κ3) is 3.98. The lowest BCUT2D eigenvalue weighted by atomic mass is 9.71. The van der Waals surface area contributed by atoms with Crippen LogP contribution < -0.4 is 5.32 Å². The van der Waals surface area contributed by atoms with Crippen molar-refractivity contribution in [3.05, 3.63) is 0 Å². The lowest BCUT2D eigenvalue weighted by molar-refractivity contribution is 0.145. The van der Waals surface area contributed by atoms with Gasteiger partial charge in [-0.3, -0.25) is 0 Å². The van der Waals surface area contributed by atoms with Gasteiger partial charge in [-0.25, -0.2) is 0 Å². The molecule has 0 aliphatic heterocycles. The highest BCUT2D eigenvalue weighted by atomic mass is 14.9. The summed E-state index contributed by atoms with van der Waals surface area (Å²) in [6.45, 7) is 10.5. The first kappa shape index (κ1) is 13.4. The fourth-order valence-electron chi connectivity index (χ4n) is 3.52. The molecule has 0 heterocycles. The quantitative estimate of drug-likeness (QED) is 0.771. The van der Waals surface area contributed by atoms with Crippen LogP contribution in [0.4, 0.5) is 0 Å². The Balaban J connectivity index is 1.86. The van der Waals surface area contributed by atoms with E-state index in [-0.39, 0.29) is 5.54 Å². The molecule has 1 nitrogen and oxygen atoms in total. The van der Waals surface area contributed by atoms with Crippen LogP contribution in [0, 0.1) is 23.7 Å². The average molecular weight is 237 g/mol. The van der Waals surface area contributed by atoms with Gasteiger partial charge in [-0.2, -0.15) is 0 Å². The first-order valence-electron chi connectivity index (χ1n) is 7.74. The third-order valence-electron chi connectivity index (χ3n) is 4.86. The highest BCUT2D eigenvalue weighted by Gasteiger charge is 2.39. The van der Waals surface area contributed by atoms with Gasteiger partial charge in [0.05, 0.1) is 0 Å². The van der Waals surface area contributed by atoms with Crippen molar-refractivity contribution in [2.24, 2.45) is 23.7 Å². The Kier molecular flexibility index (Phi) is 4.18. The van der Waals surface area contributed by atoms with Gasteiger partial charge < -0.3 is 5.32 Å². The minimum atomic E-state index is 0.287. The Labute approximate surface area is 108 Å². The van der Waals surface area contributed by atoms with Gasteiger partial charge in [0.2, 0.25) is 0 Å². The molecule has 17 heavy (non-hydrogen) atoms. The van der Waals surface area contributed by atoms with Gasteiger partial charge in [-0.05, 0) is 76.7 Å². The molecule has 0 aromatic rings. The van der Waals surface area contributed by atoms with Gasteiger partial charge in [0.1, 0.15) is 0 Å². The summed E-state index contributed by atoms with van der Waals surface area (Å²) in [7, 11) is 0. The maximum Gasteiger partial charge on any atom is 0.00966 e. The molecule has 3 unspecified atom stereocenters. The van der Waals surface area contributed by atoms with Gasteiger partial charge in [0, 0.05) is 5.54 Å². The standard InChI is InChI=1S/C16H31N/c1-5-12-6-7-14(11-17-16(2,3)4)15(10-12)13-8-9-13/h12-15,17H,5-11H2,1-4H3. The van der Waals surface area contributed by atoms with Crippen molar-refractivity contribution in [3.63, 3.8) is 0 Å². The van der Waals surface area contributed by atoms with Crippen LogP contribution in [0.3, 0.4) is 0 Å². The van der Waals surface area contributed by atoms with Crippen LogP contribution in [0.15, 0.2) is 0 Å². The summed E-state index contributed by atoms with van der Waals surface area (Å²) in [4.78, 5) is 0. The topological polar surface area (TPSA) is 12.0 Å². The monoisotopic (exact) mass is 237 g/mol. The van der Waals surface area contributed by atoms with Crippen LogP contribution in [0.5, 0.6) is 0 Å². The van der Waals surface area contributed by atoms with Gasteiger partial charge in [-0.15, -0.1) is 0 Å². The summed E-state index contributed by atoms with van der Waals surface area (Å²) < 4.78 is 0. The average Bonchev–Trinajstić information content (AvgIpc) is 3.09. The summed E-state index contributed by atoms with van der Waals surface area (Å²) in [6, 6.07) is 0. The van der Waals surface area contributed by atoms with Crippen molar-refractivity contribution in [1.29, 1.82) is 0 Å². The zero-order chi connectivity index (χ0) is 12.5. The molecule has 0 bridgehead atoms. The van der Waals surface area contributed by atoms with Crippen LogP contribution in [-0.2, 0) is 0 Å². The summed E-state index contributed by atoms with van der Waals surface area (Å²) >= 11 is 0. The van der Waals surface area contributed by atoms with E-state index in [2.05, 4.69) is 33.0 Å². The Morgan fingerprint density at radius 1 is 1.06 bits per heavy atom. The second-order valence-corrected chi connectivity index (χ2v) is 7.48. The SMILES string of the molecule is CCC1CCC(CNC(C)(C)C)C(C2CC2)C1. The van der Waals surface area contributed by atoms with Gasteiger partial charge in [-0.1, -0.05) is 19.8 Å². The predicted molar refractivity (Wildman–Crippen MR) is 75.1 cm³/mol. The van der Waals surface area contributed by atoms with E-state index in [1.165, 1.54) is 45.1 Å². The van der Waals surface area contributed by atoms with Gasteiger partial charge in [0.25, 0.3) is 0 Å². The number of nitrogens with one attached hydrogen (secondary N) is 1. The molecular formula is C16H31N. The van der Waals surface area contributed by atoms with Crippen molar-refractivity contribution < 1.29 is 0 Å². The molecule has 0 aromatic heterocycles. The molecule has 0 amide bonds. The maximum atomic E-state index is 3.74. The zero-order valence-corrected chi connectivity index (χ0v) is 12.3. The fraction of sp³-hybridized carbons (Fsp3) is 1.00. The van der Waals surface area contributed by atoms with E-state index in [0.29, 0.717) is 0 Å². The molecule has 0 radical (unpaired) electrons. The van der Waals surface area contributed by atoms with Crippen LogP contribution in [-0.4, -0.2) is 12.1 Å². The first-order valence-corrected chi connectivity index (χ1v) is 7.74. The van der Waals surface area contributed by atoms with Crippen LogP contribution in [0.1, 0.15) is 66.2 Å². The first-order chi connectivity index (χ1) is 7.99. The summed E-state index contributed by atoms with van der Waals surface area (Å²) in [5.74, 6) is 4.13. The Morgan fingerprint density at radius 3 is 2.29 bits per heavy atom. The Morgan fingerprint density at radius 2 is 1.76 bits per heavy atom. The Bertz CT molecular complexity index is 236. The molecular weight excluding hydrogens is 206 g/mol. The Hall–Kier alpha value is -0.0400. The maximum absolute atomic E-state index is 3.74. The van der Waals surface area contributed by atoms with E-state index in [1.807, 2.05) is 0 Å². The van der Waals surface area contributed by atoms with Crippen molar-refractivity contribution in [2.45, 2.75) is 71.8 Å². The molecule has 0 spiro atoms. The number of hydrogen-bond acceptors (Lipinski definition) is 1. The van der Waals surface area contributed by atoms with E-state index < -0.39 is 0 Å². The smallest absolute Gasteiger partial charge is 0.00966 e. The number of hydrogen-bond donors (Lipinski definition) is 1. The minimum Gasteiger partial charge on any atom is -0.312 e. The molecule has 100 valence electrons. The lowest BCUT2D eigenvalue weighted by Gasteiger charge is -2.38. The molecule has 2 rings (SSSR count). The third-order valence-corrected chi connectivity index (χ3v) is 4.86. The number of rotatable bonds is 4. The highest BCUT2D eigenvalue weighted by molar-refractivity contribution is 4.91. The summed E-state index contributed by atoms with van der Waals surface area (Å²) in [6.07, 6.45) is 8.93. The highest BCUT2D eigenvalue weighted by Crippen LogP contribution is 2.48. The molecule has 3 atom stereocenters. The molecule has 2 aliphatic rings. The lowest BCUT2D eigenvalue weighted by Crippen LogP contribution is -2.42. The van der Waals surface area contributed by atoms with Crippen molar-refractivity contribution in [1.82, 2.24) is 5.32 Å². The van der Waals surface area contributed by atoms with E-state index in [9.17, 15) is 0 Å². The second kappa shape index (κ2) is 5.30. The largest absolute Gasteiger partial charge is 0.312 e. The normalized spacial score (nSPS) is 34.9. The van der Waals surface area contributed by atoms with Crippen molar-refractivity contribution in [2.75, 3.05) is 6.54 Å². The molecule has 2 fully saturated rings. The van der Waals surface area contributed by atoms with Crippen LogP contribution >= 0.6 is 0 Å². The summed E-state index contributed by atoms with van der Waals surface area (Å²) in [5, 5.41) is 3.74. The second-order valence-electron chi connectivity index (χ2n) is 7.48. The molecule has 2 aliphatic carbocycles. The molecule has 1 heteroatoms. The van der Waals surface area contributed by atoms with Crippen molar-refractivity contribution >= 4 is 0 Å². The van der Waals surface area contributed by atoms with Crippen molar-refractivity contribution in [3.8, 4) is 0 Å². The van der Waals surface area contributed by atoms with Crippen LogP contribution in [0.2, 0.25) is 0 Å². The molecule has 1 N–H and O–H groups in total. The van der Waals surface area contributed by atoms with E-state index in [1.54, 1.807) is 0 Å². The molecule has 0 saturated heterocycles. The van der Waals surface area contributed by atoms with Gasteiger partial charge in [0.15, 0.2) is 0 Å². The minimum absolute atomic E-state index is 0.287. The summed E-state index contributed by atoms with van der Waals surface area (Å²) in [5.41, 5.74) is 0.287. The van der Waals surface area contributed by atoms with Crippen LogP contribution in [0.25, 0.3) is 0 Å². The van der Waals surface area contributed by atoms with E-state index in [0.717, 1.165) is 23.7 Å². The molecule has 2 saturated carbocycles. The fourth-order valence-corrected chi connectivity index (χ4v) is 3.52. The zero-order valence-electron chi connectivity index (χ0n) is 12.3.